The Balaban J connectivity index is 2.18. The van der Waals surface area contributed by atoms with Gasteiger partial charge in [0.1, 0.15) is 6.07 Å². The van der Waals surface area contributed by atoms with Crippen molar-refractivity contribution in [2.24, 2.45) is 0 Å². The van der Waals surface area contributed by atoms with Gasteiger partial charge in [0.25, 0.3) is 0 Å². The molecule has 0 aromatic carbocycles. The van der Waals surface area contributed by atoms with Gasteiger partial charge in [0, 0.05) is 6.04 Å². The maximum atomic E-state index is 8.64. The van der Waals surface area contributed by atoms with E-state index >= 15 is 0 Å². The number of nitrogens with one attached hydrogen (secondary N) is 1. The smallest absolute Gasteiger partial charge is 0.182 e. The molecule has 1 aliphatic carbocycles. The van der Waals surface area contributed by atoms with Crippen LogP contribution in [0.3, 0.4) is 0 Å². The molecule has 0 aliphatic heterocycles. The summed E-state index contributed by atoms with van der Waals surface area (Å²) in [6.07, 6.45) is 4.96. The molecule has 0 radical (unpaired) electrons. The molecule has 2 rings (SSSR count). The van der Waals surface area contributed by atoms with Crippen molar-refractivity contribution in [1.82, 2.24) is 20.3 Å². The molecule has 1 heterocycles. The van der Waals surface area contributed by atoms with Gasteiger partial charge in [-0.15, -0.1) is 5.10 Å². The number of likely N-dealkylation sites (N-methyl/N-ethyl adjacent to an activating group) is 1. The Morgan fingerprint density at radius 3 is 3.14 bits per heavy atom. The monoisotopic (exact) mass is 191 g/mol. The van der Waals surface area contributed by atoms with Gasteiger partial charge in [-0.2, -0.15) is 15.2 Å². The number of nitrogens with zero attached hydrogens (tertiary/aromatic N) is 4. The first-order chi connectivity index (χ1) is 6.85. The summed E-state index contributed by atoms with van der Waals surface area (Å²) in [5.41, 5.74) is 0.395. The van der Waals surface area contributed by atoms with Crippen LogP contribution < -0.4 is 5.32 Å². The summed E-state index contributed by atoms with van der Waals surface area (Å²) >= 11 is 0. The number of rotatable bonds is 2. The molecule has 0 bridgehead atoms. The van der Waals surface area contributed by atoms with Gasteiger partial charge in [0.05, 0.1) is 12.2 Å². The van der Waals surface area contributed by atoms with Gasteiger partial charge in [-0.3, -0.25) is 0 Å². The Labute approximate surface area is 82.7 Å². The molecular formula is C9H13N5. The summed E-state index contributed by atoms with van der Waals surface area (Å²) in [5.74, 6) is 0. The lowest BCUT2D eigenvalue weighted by Gasteiger charge is -2.17. The van der Waals surface area contributed by atoms with E-state index in [1.165, 1.54) is 12.6 Å². The maximum Gasteiger partial charge on any atom is 0.182 e. The summed E-state index contributed by atoms with van der Waals surface area (Å²) in [4.78, 5) is 1.67. The van der Waals surface area contributed by atoms with Crippen LogP contribution in [-0.4, -0.2) is 28.1 Å². The van der Waals surface area contributed by atoms with Gasteiger partial charge >= 0.3 is 0 Å². The van der Waals surface area contributed by atoms with Gasteiger partial charge in [0.2, 0.25) is 0 Å². The van der Waals surface area contributed by atoms with Crippen molar-refractivity contribution in [1.29, 1.82) is 5.26 Å². The fraction of sp³-hybridized carbons (Fsp3) is 0.667. The zero-order valence-electron chi connectivity index (χ0n) is 8.14. The molecular weight excluding hydrogens is 178 g/mol. The van der Waals surface area contributed by atoms with Crippen molar-refractivity contribution in [3.63, 3.8) is 0 Å². The predicted octanol–water partition coefficient (Wildman–Crippen LogP) is 0.463. The van der Waals surface area contributed by atoms with Gasteiger partial charge in [-0.05, 0) is 26.3 Å². The third-order valence-electron chi connectivity index (χ3n) is 2.77. The van der Waals surface area contributed by atoms with Crippen molar-refractivity contribution in [2.45, 2.75) is 31.3 Å². The first-order valence-corrected chi connectivity index (χ1v) is 4.84. The van der Waals surface area contributed by atoms with Gasteiger partial charge in [0.15, 0.2) is 5.69 Å². The van der Waals surface area contributed by atoms with Crippen LogP contribution in [0.1, 0.15) is 31.0 Å². The molecule has 1 aliphatic rings. The summed E-state index contributed by atoms with van der Waals surface area (Å²) in [5, 5.41) is 20.1. The standard InChI is InChI=1S/C9H13N5/c1-11-8-3-2-4-9(8)14-12-6-7(5-10)13-14/h6,8-9,11H,2-4H2,1H3. The lowest BCUT2D eigenvalue weighted by molar-refractivity contribution is 0.347. The van der Waals surface area contributed by atoms with Crippen LogP contribution in [0.5, 0.6) is 0 Å². The van der Waals surface area contributed by atoms with E-state index in [-0.39, 0.29) is 0 Å². The first kappa shape index (κ1) is 9.16. The predicted molar refractivity (Wildman–Crippen MR) is 50.5 cm³/mol. The van der Waals surface area contributed by atoms with Crippen LogP contribution in [-0.2, 0) is 0 Å². The van der Waals surface area contributed by atoms with Gasteiger partial charge in [-0.1, -0.05) is 0 Å². The van der Waals surface area contributed by atoms with E-state index in [9.17, 15) is 0 Å². The second-order valence-electron chi connectivity index (χ2n) is 3.56. The maximum absolute atomic E-state index is 8.64. The van der Waals surface area contributed by atoms with Crippen LogP contribution in [0, 0.1) is 11.3 Å². The number of hydrogen-bond donors (Lipinski definition) is 1. The van der Waals surface area contributed by atoms with Crippen molar-refractivity contribution in [2.75, 3.05) is 7.05 Å². The fourth-order valence-electron chi connectivity index (χ4n) is 2.04. The minimum atomic E-state index is 0.307. The zero-order valence-corrected chi connectivity index (χ0v) is 8.14. The highest BCUT2D eigenvalue weighted by molar-refractivity contribution is 5.13. The average molecular weight is 191 g/mol. The lowest BCUT2D eigenvalue weighted by Crippen LogP contribution is -2.32. The number of hydrogen-bond acceptors (Lipinski definition) is 4. The molecule has 5 heteroatoms. The molecule has 14 heavy (non-hydrogen) atoms. The molecule has 1 N–H and O–H groups in total. The SMILES string of the molecule is CNC1CCCC1n1ncc(C#N)n1. The van der Waals surface area contributed by atoms with Crippen molar-refractivity contribution >= 4 is 0 Å². The van der Waals surface area contributed by atoms with Crippen molar-refractivity contribution in [3.05, 3.63) is 11.9 Å². The topological polar surface area (TPSA) is 66.5 Å². The van der Waals surface area contributed by atoms with Crippen LogP contribution in [0.2, 0.25) is 0 Å². The molecule has 74 valence electrons. The average Bonchev–Trinajstić information content (AvgIpc) is 2.85. The van der Waals surface area contributed by atoms with E-state index in [1.54, 1.807) is 4.80 Å². The second kappa shape index (κ2) is 3.76. The Kier molecular flexibility index (Phi) is 2.46. The van der Waals surface area contributed by atoms with E-state index in [0.29, 0.717) is 17.8 Å². The first-order valence-electron chi connectivity index (χ1n) is 4.84. The highest BCUT2D eigenvalue weighted by Crippen LogP contribution is 2.28. The lowest BCUT2D eigenvalue weighted by atomic mass is 10.2. The van der Waals surface area contributed by atoms with Crippen molar-refractivity contribution in [3.8, 4) is 6.07 Å². The van der Waals surface area contributed by atoms with Gasteiger partial charge in [-0.25, -0.2) is 0 Å². The molecule has 2 unspecified atom stereocenters. The molecule has 1 aromatic heterocycles. The molecule has 0 spiro atoms. The van der Waals surface area contributed by atoms with Crippen molar-refractivity contribution < 1.29 is 0 Å². The molecule has 1 fully saturated rings. The molecule has 5 nitrogen and oxygen atoms in total. The minimum Gasteiger partial charge on any atom is -0.315 e. The van der Waals surface area contributed by atoms with Gasteiger partial charge < -0.3 is 5.32 Å². The van der Waals surface area contributed by atoms with Crippen LogP contribution in [0.25, 0.3) is 0 Å². The highest BCUT2D eigenvalue weighted by Gasteiger charge is 2.28. The highest BCUT2D eigenvalue weighted by atomic mass is 15.5. The number of aromatic nitrogens is 3. The normalized spacial score (nSPS) is 26.3. The summed E-state index contributed by atoms with van der Waals surface area (Å²) < 4.78 is 0. The number of nitriles is 1. The molecule has 1 aromatic rings. The Bertz CT molecular complexity index is 350. The third kappa shape index (κ3) is 1.49. The quantitative estimate of drug-likeness (QED) is 0.737. The molecule has 1 saturated carbocycles. The molecule has 2 atom stereocenters. The minimum absolute atomic E-state index is 0.307. The van der Waals surface area contributed by atoms with Crippen LogP contribution in [0.15, 0.2) is 6.20 Å². The summed E-state index contributed by atoms with van der Waals surface area (Å²) in [6.45, 7) is 0. The largest absolute Gasteiger partial charge is 0.315 e. The Morgan fingerprint density at radius 1 is 1.64 bits per heavy atom. The van der Waals surface area contributed by atoms with E-state index in [4.69, 9.17) is 5.26 Å². The third-order valence-corrected chi connectivity index (χ3v) is 2.77. The zero-order chi connectivity index (χ0) is 9.97. The molecule has 0 amide bonds. The van der Waals surface area contributed by atoms with E-state index in [2.05, 4.69) is 15.5 Å². The summed E-state index contributed by atoms with van der Waals surface area (Å²) in [7, 11) is 1.96. The Hall–Kier alpha value is -1.41. The second-order valence-corrected chi connectivity index (χ2v) is 3.56. The van der Waals surface area contributed by atoms with E-state index in [1.807, 2.05) is 13.1 Å². The molecule has 0 saturated heterocycles. The van der Waals surface area contributed by atoms with Crippen LogP contribution in [0.4, 0.5) is 0 Å². The van der Waals surface area contributed by atoms with E-state index < -0.39 is 0 Å². The van der Waals surface area contributed by atoms with E-state index in [0.717, 1.165) is 12.8 Å². The summed E-state index contributed by atoms with van der Waals surface area (Å²) in [6, 6.07) is 2.74. The van der Waals surface area contributed by atoms with Crippen LogP contribution >= 0.6 is 0 Å². The fourth-order valence-corrected chi connectivity index (χ4v) is 2.04. The Morgan fingerprint density at radius 2 is 2.50 bits per heavy atom.